The number of nitrogens with one attached hydrogen (secondary N) is 1. The number of rotatable bonds is 2. The van der Waals surface area contributed by atoms with E-state index >= 15 is 0 Å². The van der Waals surface area contributed by atoms with E-state index in [1.165, 1.54) is 4.57 Å². The average Bonchev–Trinajstić information content (AvgIpc) is 2.78. The lowest BCUT2D eigenvalue weighted by Gasteiger charge is -2.09. The molecule has 1 aromatic carbocycles. The molecule has 0 saturated heterocycles. The van der Waals surface area contributed by atoms with E-state index in [1.807, 2.05) is 0 Å². The van der Waals surface area contributed by atoms with Crippen LogP contribution in [0, 0.1) is 0 Å². The average molecular weight is 387 g/mol. The monoisotopic (exact) mass is 386 g/mol. The van der Waals surface area contributed by atoms with Crippen LogP contribution in [0.2, 0.25) is 0 Å². The number of benzene rings is 1. The molecule has 0 saturated carbocycles. The summed E-state index contributed by atoms with van der Waals surface area (Å²) in [7, 11) is 0. The summed E-state index contributed by atoms with van der Waals surface area (Å²) in [6.45, 7) is 0.118. The van der Waals surface area contributed by atoms with Crippen molar-refractivity contribution in [2.24, 2.45) is 0 Å². The van der Waals surface area contributed by atoms with Crippen LogP contribution in [0.15, 0.2) is 39.6 Å². The van der Waals surface area contributed by atoms with Gasteiger partial charge in [-0.3, -0.25) is 4.57 Å². The zero-order chi connectivity index (χ0) is 16.8. The molecule has 0 radical (unpaired) electrons. The molecular weight excluding hydrogens is 377 g/mol. The van der Waals surface area contributed by atoms with Gasteiger partial charge in [-0.15, -0.1) is 0 Å². The lowest BCUT2D eigenvalue weighted by molar-refractivity contribution is -0.141. The minimum absolute atomic E-state index is 0.0674. The zero-order valence-corrected chi connectivity index (χ0v) is 13.1. The third-order valence-electron chi connectivity index (χ3n) is 3.34. The lowest BCUT2D eigenvalue weighted by Crippen LogP contribution is -2.17. The first-order valence-corrected chi connectivity index (χ1v) is 7.25. The number of nitrogens with two attached hydrogens (primary N) is 1. The highest BCUT2D eigenvalue weighted by Gasteiger charge is 2.34. The predicted molar refractivity (Wildman–Crippen MR) is 83.0 cm³/mol. The third kappa shape index (κ3) is 2.96. The van der Waals surface area contributed by atoms with Crippen molar-refractivity contribution < 1.29 is 13.2 Å². The van der Waals surface area contributed by atoms with Crippen LogP contribution in [0.25, 0.3) is 11.0 Å². The van der Waals surface area contributed by atoms with E-state index in [0.717, 1.165) is 16.1 Å². The number of fused-ring (bicyclic) bond motifs is 1. The number of nitrogen functional groups attached to an aromatic ring is 1. The minimum atomic E-state index is -4.64. The molecule has 5 nitrogen and oxygen atoms in total. The van der Waals surface area contributed by atoms with E-state index in [0.29, 0.717) is 0 Å². The molecular formula is C14H10BrF3N4O. The van der Waals surface area contributed by atoms with Gasteiger partial charge in [-0.1, -0.05) is 28.1 Å². The van der Waals surface area contributed by atoms with Gasteiger partial charge in [-0.2, -0.15) is 13.2 Å². The maximum Gasteiger partial charge on any atom is 0.433 e. The van der Waals surface area contributed by atoms with Crippen LogP contribution in [0.5, 0.6) is 0 Å². The zero-order valence-electron chi connectivity index (χ0n) is 11.5. The fraction of sp³-hybridized carbons (Fsp3) is 0.143. The van der Waals surface area contributed by atoms with Crippen molar-refractivity contribution in [2.45, 2.75) is 12.7 Å². The van der Waals surface area contributed by atoms with Gasteiger partial charge in [0.05, 0.1) is 12.1 Å². The van der Waals surface area contributed by atoms with E-state index in [1.54, 1.807) is 24.3 Å². The van der Waals surface area contributed by atoms with E-state index in [2.05, 4.69) is 25.9 Å². The molecule has 0 aliphatic carbocycles. The number of pyridine rings is 1. The van der Waals surface area contributed by atoms with Crippen molar-refractivity contribution in [1.29, 1.82) is 0 Å². The maximum absolute atomic E-state index is 12.9. The molecule has 0 unspecified atom stereocenters. The number of nitrogens with zero attached hydrogens (tertiary/aromatic N) is 2. The first kappa shape index (κ1) is 15.6. The Labute approximate surface area is 136 Å². The van der Waals surface area contributed by atoms with Gasteiger partial charge in [0, 0.05) is 4.47 Å². The topological polar surface area (TPSA) is 76.7 Å². The Balaban J connectivity index is 2.16. The molecule has 23 heavy (non-hydrogen) atoms. The summed E-state index contributed by atoms with van der Waals surface area (Å²) in [5.41, 5.74) is 4.80. The van der Waals surface area contributed by atoms with Gasteiger partial charge >= 0.3 is 11.9 Å². The lowest BCUT2D eigenvalue weighted by atomic mass is 10.2. The third-order valence-corrected chi connectivity index (χ3v) is 3.87. The smallest absolute Gasteiger partial charge is 0.382 e. The van der Waals surface area contributed by atoms with E-state index < -0.39 is 17.6 Å². The molecule has 3 aromatic rings. The molecule has 9 heteroatoms. The Hall–Kier alpha value is -2.29. The fourth-order valence-corrected chi connectivity index (χ4v) is 2.51. The van der Waals surface area contributed by atoms with Crippen molar-refractivity contribution in [3.8, 4) is 0 Å². The number of halogens is 4. The van der Waals surface area contributed by atoms with Crippen LogP contribution in [0.3, 0.4) is 0 Å². The number of hydrogen-bond donors (Lipinski definition) is 2. The second kappa shape index (κ2) is 5.41. The van der Waals surface area contributed by atoms with Crippen LogP contribution >= 0.6 is 15.9 Å². The van der Waals surface area contributed by atoms with Crippen molar-refractivity contribution >= 4 is 32.8 Å². The summed E-state index contributed by atoms with van der Waals surface area (Å²) in [5.74, 6) is -0.360. The Morgan fingerprint density at radius 3 is 2.52 bits per heavy atom. The standard InChI is InChI=1S/C14H10BrF3N4O/c15-8-3-1-7(2-4-8)6-22-9-5-10(14(16,17)18)20-12(19)11(9)21-13(22)23/h1-5H,6H2,(H2,19,20)(H,21,23). The summed E-state index contributed by atoms with van der Waals surface area (Å²) in [5, 5.41) is 0. The van der Waals surface area contributed by atoms with Gasteiger partial charge in [0.1, 0.15) is 17.0 Å². The first-order valence-electron chi connectivity index (χ1n) is 6.46. The summed E-state index contributed by atoms with van der Waals surface area (Å²) >= 11 is 3.29. The van der Waals surface area contributed by atoms with Crippen LogP contribution in [0.1, 0.15) is 11.3 Å². The van der Waals surface area contributed by atoms with Gasteiger partial charge in [-0.05, 0) is 23.8 Å². The SMILES string of the molecule is Nc1nc(C(F)(F)F)cc2c1[nH]c(=O)n2Cc1ccc(Br)cc1. The number of hydrogen-bond acceptors (Lipinski definition) is 3. The number of aromatic nitrogens is 3. The van der Waals surface area contributed by atoms with Crippen molar-refractivity contribution in [2.75, 3.05) is 5.73 Å². The highest BCUT2D eigenvalue weighted by molar-refractivity contribution is 9.10. The number of aromatic amines is 1. The number of alkyl halides is 3. The summed E-state index contributed by atoms with van der Waals surface area (Å²) in [4.78, 5) is 17.8. The molecule has 0 aliphatic heterocycles. The van der Waals surface area contributed by atoms with Gasteiger partial charge in [0.2, 0.25) is 0 Å². The Morgan fingerprint density at radius 1 is 1.26 bits per heavy atom. The Kier molecular flexibility index (Phi) is 3.67. The predicted octanol–water partition coefficient (Wildman–Crippen LogP) is 3.14. The Bertz CT molecular complexity index is 928. The maximum atomic E-state index is 12.9. The second-order valence-electron chi connectivity index (χ2n) is 4.93. The molecule has 0 atom stereocenters. The largest absolute Gasteiger partial charge is 0.433 e. The normalized spacial score (nSPS) is 12.0. The highest BCUT2D eigenvalue weighted by Crippen LogP contribution is 2.31. The van der Waals surface area contributed by atoms with Crippen LogP contribution in [-0.2, 0) is 12.7 Å². The molecule has 0 fully saturated rings. The van der Waals surface area contributed by atoms with E-state index in [4.69, 9.17) is 5.73 Å². The van der Waals surface area contributed by atoms with Gasteiger partial charge in [-0.25, -0.2) is 9.78 Å². The highest BCUT2D eigenvalue weighted by atomic mass is 79.9. The summed E-state index contributed by atoms with van der Waals surface area (Å²) < 4.78 is 40.7. The van der Waals surface area contributed by atoms with Crippen LogP contribution < -0.4 is 11.4 Å². The van der Waals surface area contributed by atoms with Gasteiger partial charge < -0.3 is 10.7 Å². The Morgan fingerprint density at radius 2 is 1.91 bits per heavy atom. The molecule has 0 aliphatic rings. The van der Waals surface area contributed by atoms with Crippen molar-refractivity contribution in [3.63, 3.8) is 0 Å². The fourth-order valence-electron chi connectivity index (χ4n) is 2.25. The molecule has 0 amide bonds. The van der Waals surface area contributed by atoms with Crippen molar-refractivity contribution in [1.82, 2.24) is 14.5 Å². The second-order valence-corrected chi connectivity index (χ2v) is 5.84. The molecule has 0 bridgehead atoms. The van der Waals surface area contributed by atoms with Gasteiger partial charge in [0.15, 0.2) is 0 Å². The van der Waals surface area contributed by atoms with Crippen LogP contribution in [-0.4, -0.2) is 14.5 Å². The quantitative estimate of drug-likeness (QED) is 0.710. The van der Waals surface area contributed by atoms with E-state index in [-0.39, 0.29) is 23.4 Å². The minimum Gasteiger partial charge on any atom is -0.382 e. The molecule has 120 valence electrons. The number of H-pyrrole nitrogens is 1. The molecule has 3 rings (SSSR count). The van der Waals surface area contributed by atoms with Crippen molar-refractivity contribution in [3.05, 3.63) is 56.5 Å². The number of imidazole rings is 1. The molecule has 2 aromatic heterocycles. The summed E-state index contributed by atoms with van der Waals surface area (Å²) in [6, 6.07) is 7.93. The molecule has 0 spiro atoms. The number of anilines is 1. The summed E-state index contributed by atoms with van der Waals surface area (Å²) in [6.07, 6.45) is -4.64. The van der Waals surface area contributed by atoms with Gasteiger partial charge in [0.25, 0.3) is 0 Å². The first-order chi connectivity index (χ1) is 10.8. The van der Waals surface area contributed by atoms with Crippen LogP contribution in [0.4, 0.5) is 19.0 Å². The van der Waals surface area contributed by atoms with E-state index in [9.17, 15) is 18.0 Å². The molecule has 3 N–H and O–H groups in total. The molecule has 2 heterocycles.